The summed E-state index contributed by atoms with van der Waals surface area (Å²) in [5.41, 5.74) is 1.72. The van der Waals surface area contributed by atoms with E-state index in [0.29, 0.717) is 17.3 Å². The van der Waals surface area contributed by atoms with Crippen LogP contribution in [-0.2, 0) is 4.79 Å². The highest BCUT2D eigenvalue weighted by Crippen LogP contribution is 2.28. The van der Waals surface area contributed by atoms with Gasteiger partial charge < -0.3 is 15.1 Å². The van der Waals surface area contributed by atoms with Crippen LogP contribution >= 0.6 is 11.8 Å². The van der Waals surface area contributed by atoms with Gasteiger partial charge in [-0.1, -0.05) is 31.4 Å². The molecule has 0 bridgehead atoms. The molecule has 7 heteroatoms. The number of hydrogen-bond acceptors (Lipinski definition) is 4. The molecular formula is C26H32FN3O2S. The molecule has 1 aliphatic carbocycles. The van der Waals surface area contributed by atoms with Crippen LogP contribution in [0.15, 0.2) is 47.4 Å². The minimum atomic E-state index is -0.367. The lowest BCUT2D eigenvalue weighted by Crippen LogP contribution is -2.39. The lowest BCUT2D eigenvalue weighted by Gasteiger charge is -2.31. The molecule has 2 fully saturated rings. The Kier molecular flexibility index (Phi) is 7.91. The second-order valence-corrected chi connectivity index (χ2v) is 9.94. The van der Waals surface area contributed by atoms with Crippen molar-refractivity contribution >= 4 is 35.0 Å². The van der Waals surface area contributed by atoms with Crippen LogP contribution in [0.4, 0.5) is 15.8 Å². The van der Waals surface area contributed by atoms with E-state index in [1.54, 1.807) is 12.1 Å². The molecule has 2 aromatic rings. The molecule has 0 unspecified atom stereocenters. The maximum absolute atomic E-state index is 14.2. The van der Waals surface area contributed by atoms with E-state index in [-0.39, 0.29) is 23.4 Å². The highest BCUT2D eigenvalue weighted by molar-refractivity contribution is 8.00. The van der Waals surface area contributed by atoms with Crippen molar-refractivity contribution in [3.05, 3.63) is 53.8 Å². The predicted molar refractivity (Wildman–Crippen MR) is 133 cm³/mol. The molecule has 176 valence electrons. The zero-order valence-corrected chi connectivity index (χ0v) is 20.0. The van der Waals surface area contributed by atoms with Crippen molar-refractivity contribution in [2.75, 3.05) is 36.1 Å². The topological polar surface area (TPSA) is 52.7 Å². The van der Waals surface area contributed by atoms with Crippen LogP contribution in [0.25, 0.3) is 0 Å². The summed E-state index contributed by atoms with van der Waals surface area (Å²) in [5, 5.41) is 2.85. The summed E-state index contributed by atoms with van der Waals surface area (Å²) in [4.78, 5) is 30.6. The summed E-state index contributed by atoms with van der Waals surface area (Å²) in [6.07, 6.45) is 7.93. The number of benzene rings is 2. The largest absolute Gasteiger partial charge is 0.371 e. The number of nitrogens with one attached hydrogen (secondary N) is 1. The van der Waals surface area contributed by atoms with Gasteiger partial charge in [0.05, 0.1) is 11.3 Å². The van der Waals surface area contributed by atoms with Crippen molar-refractivity contribution in [1.82, 2.24) is 4.90 Å². The monoisotopic (exact) mass is 469 g/mol. The second kappa shape index (κ2) is 11.1. The molecular weight excluding hydrogens is 437 g/mol. The normalized spacial score (nSPS) is 16.6. The number of halogens is 1. The number of nitrogens with zero attached hydrogens (tertiary/aromatic N) is 2. The van der Waals surface area contributed by atoms with Crippen molar-refractivity contribution in [3.8, 4) is 0 Å². The number of carbonyl (C=O) groups excluding carboxylic acids is 2. The summed E-state index contributed by atoms with van der Waals surface area (Å²) >= 11 is 1.38. The number of anilines is 2. The molecule has 33 heavy (non-hydrogen) atoms. The zero-order valence-electron chi connectivity index (χ0n) is 19.2. The van der Waals surface area contributed by atoms with Crippen LogP contribution in [0.2, 0.25) is 0 Å². The standard InChI is InChI=1S/C26H32FN3O2S/c1-29(21-9-3-2-4-10-21)25(31)18-33-24-12-6-5-11-23(24)26(32)28-20-15-19(27)16-22(17-20)30-13-7-8-14-30/h5-6,11-12,15-17,21H,2-4,7-10,13-14,18H2,1H3,(H,28,32). The van der Waals surface area contributed by atoms with Crippen molar-refractivity contribution in [3.63, 3.8) is 0 Å². The minimum Gasteiger partial charge on any atom is -0.371 e. The number of thioether (sulfide) groups is 1. The van der Waals surface area contributed by atoms with E-state index in [1.807, 2.05) is 30.1 Å². The highest BCUT2D eigenvalue weighted by Gasteiger charge is 2.23. The van der Waals surface area contributed by atoms with E-state index in [2.05, 4.69) is 10.2 Å². The molecule has 1 aliphatic heterocycles. The van der Waals surface area contributed by atoms with Crippen LogP contribution in [0, 0.1) is 5.82 Å². The van der Waals surface area contributed by atoms with Gasteiger partial charge in [-0.15, -0.1) is 11.8 Å². The number of rotatable bonds is 7. The molecule has 0 radical (unpaired) electrons. The van der Waals surface area contributed by atoms with E-state index in [9.17, 15) is 14.0 Å². The first-order valence-electron chi connectivity index (χ1n) is 11.9. The Morgan fingerprint density at radius 1 is 1.06 bits per heavy atom. The van der Waals surface area contributed by atoms with E-state index < -0.39 is 0 Å². The zero-order chi connectivity index (χ0) is 23.2. The molecule has 1 saturated carbocycles. The van der Waals surface area contributed by atoms with Crippen LogP contribution in [0.1, 0.15) is 55.3 Å². The molecule has 2 amide bonds. The van der Waals surface area contributed by atoms with E-state index >= 15 is 0 Å². The minimum absolute atomic E-state index is 0.0856. The van der Waals surface area contributed by atoms with Gasteiger partial charge in [0.15, 0.2) is 0 Å². The Bertz CT molecular complexity index is 987. The Hall–Kier alpha value is -2.54. The lowest BCUT2D eigenvalue weighted by atomic mass is 9.94. The molecule has 5 nitrogen and oxygen atoms in total. The molecule has 0 atom stereocenters. The Labute approximate surface area is 199 Å². The van der Waals surface area contributed by atoms with Gasteiger partial charge in [-0.2, -0.15) is 0 Å². The molecule has 1 N–H and O–H groups in total. The number of carbonyl (C=O) groups is 2. The maximum Gasteiger partial charge on any atom is 0.256 e. The van der Waals surface area contributed by atoms with Gasteiger partial charge in [0.2, 0.25) is 5.91 Å². The third kappa shape index (κ3) is 6.08. The van der Waals surface area contributed by atoms with E-state index in [0.717, 1.165) is 49.4 Å². The third-order valence-corrected chi connectivity index (χ3v) is 7.67. The first kappa shape index (κ1) is 23.6. The van der Waals surface area contributed by atoms with E-state index in [1.165, 1.54) is 43.2 Å². The van der Waals surface area contributed by atoms with Crippen molar-refractivity contribution in [1.29, 1.82) is 0 Å². The fourth-order valence-electron chi connectivity index (χ4n) is 4.70. The summed E-state index contributed by atoms with van der Waals surface area (Å²) in [6.45, 7) is 1.80. The van der Waals surface area contributed by atoms with Crippen molar-refractivity contribution < 1.29 is 14.0 Å². The first-order chi connectivity index (χ1) is 16.0. The van der Waals surface area contributed by atoms with Crippen LogP contribution in [0.5, 0.6) is 0 Å². The Morgan fingerprint density at radius 2 is 1.79 bits per heavy atom. The average Bonchev–Trinajstić information content (AvgIpc) is 3.37. The molecule has 0 aromatic heterocycles. The molecule has 4 rings (SSSR count). The molecule has 1 heterocycles. The predicted octanol–water partition coefficient (Wildman–Crippen LogP) is 5.56. The van der Waals surface area contributed by atoms with E-state index in [4.69, 9.17) is 0 Å². The van der Waals surface area contributed by atoms with Crippen LogP contribution < -0.4 is 10.2 Å². The highest BCUT2D eigenvalue weighted by atomic mass is 32.2. The summed E-state index contributed by atoms with van der Waals surface area (Å²) in [6, 6.07) is 12.3. The molecule has 1 saturated heterocycles. The smallest absolute Gasteiger partial charge is 0.256 e. The fraction of sp³-hybridized carbons (Fsp3) is 0.462. The third-order valence-electron chi connectivity index (χ3n) is 6.61. The van der Waals surface area contributed by atoms with Gasteiger partial charge in [0, 0.05) is 42.4 Å². The number of amides is 2. The Morgan fingerprint density at radius 3 is 2.55 bits per heavy atom. The van der Waals surface area contributed by atoms with Gasteiger partial charge >= 0.3 is 0 Å². The SMILES string of the molecule is CN(C(=O)CSc1ccccc1C(=O)Nc1cc(F)cc(N2CCCC2)c1)C1CCCCC1. The second-order valence-electron chi connectivity index (χ2n) is 8.93. The summed E-state index contributed by atoms with van der Waals surface area (Å²) < 4.78 is 14.2. The maximum atomic E-state index is 14.2. The molecule has 2 aromatic carbocycles. The van der Waals surface area contributed by atoms with Gasteiger partial charge in [0.25, 0.3) is 5.91 Å². The summed E-state index contributed by atoms with van der Waals surface area (Å²) in [7, 11) is 1.89. The first-order valence-corrected chi connectivity index (χ1v) is 12.8. The van der Waals surface area contributed by atoms with Crippen LogP contribution in [0.3, 0.4) is 0 Å². The fourth-order valence-corrected chi connectivity index (χ4v) is 5.67. The molecule has 2 aliphatic rings. The summed E-state index contributed by atoms with van der Waals surface area (Å²) in [5.74, 6) is -0.295. The number of hydrogen-bond donors (Lipinski definition) is 1. The van der Waals surface area contributed by atoms with Crippen LogP contribution in [-0.4, -0.2) is 48.6 Å². The van der Waals surface area contributed by atoms with Gasteiger partial charge in [-0.25, -0.2) is 4.39 Å². The Balaban J connectivity index is 1.41. The van der Waals surface area contributed by atoms with Gasteiger partial charge in [-0.3, -0.25) is 9.59 Å². The van der Waals surface area contributed by atoms with Gasteiger partial charge in [-0.05, 0) is 56.0 Å². The molecule has 0 spiro atoms. The lowest BCUT2D eigenvalue weighted by molar-refractivity contribution is -0.129. The quantitative estimate of drug-likeness (QED) is 0.540. The van der Waals surface area contributed by atoms with Gasteiger partial charge in [0.1, 0.15) is 5.82 Å². The van der Waals surface area contributed by atoms with Crippen molar-refractivity contribution in [2.24, 2.45) is 0 Å². The van der Waals surface area contributed by atoms with Crippen molar-refractivity contribution in [2.45, 2.75) is 55.9 Å². The average molecular weight is 470 g/mol.